The molecular weight excluding hydrogens is 236 g/mol. The van der Waals surface area contributed by atoms with Crippen LogP contribution in [0.4, 0.5) is 14.5 Å². The van der Waals surface area contributed by atoms with E-state index >= 15 is 0 Å². The SMILES string of the molecule is Cc1ccccc1C(=O)Nc1ccc(F)cc1F. The molecule has 4 heteroatoms. The molecule has 0 fully saturated rings. The maximum atomic E-state index is 13.4. The average Bonchev–Trinajstić information content (AvgIpc) is 2.33. The monoisotopic (exact) mass is 247 g/mol. The van der Waals surface area contributed by atoms with Crippen molar-refractivity contribution in [2.24, 2.45) is 0 Å². The van der Waals surface area contributed by atoms with Crippen LogP contribution in [0.3, 0.4) is 0 Å². The summed E-state index contributed by atoms with van der Waals surface area (Å²) in [6, 6.07) is 9.99. The van der Waals surface area contributed by atoms with Gasteiger partial charge >= 0.3 is 0 Å². The van der Waals surface area contributed by atoms with Gasteiger partial charge in [-0.3, -0.25) is 4.79 Å². The highest BCUT2D eigenvalue weighted by molar-refractivity contribution is 6.05. The molecule has 0 radical (unpaired) electrons. The van der Waals surface area contributed by atoms with E-state index in [1.165, 1.54) is 6.07 Å². The van der Waals surface area contributed by atoms with Crippen molar-refractivity contribution >= 4 is 11.6 Å². The summed E-state index contributed by atoms with van der Waals surface area (Å²) in [7, 11) is 0. The van der Waals surface area contributed by atoms with Gasteiger partial charge in [-0.2, -0.15) is 0 Å². The summed E-state index contributed by atoms with van der Waals surface area (Å²) in [4.78, 5) is 11.9. The lowest BCUT2D eigenvalue weighted by molar-refractivity contribution is 0.102. The molecule has 1 N–H and O–H groups in total. The van der Waals surface area contributed by atoms with Crippen molar-refractivity contribution < 1.29 is 13.6 Å². The molecule has 2 nitrogen and oxygen atoms in total. The van der Waals surface area contributed by atoms with Gasteiger partial charge in [0, 0.05) is 11.6 Å². The molecule has 0 spiro atoms. The Morgan fingerprint density at radius 2 is 1.83 bits per heavy atom. The van der Waals surface area contributed by atoms with E-state index in [-0.39, 0.29) is 5.69 Å². The summed E-state index contributed by atoms with van der Waals surface area (Å²) in [6.07, 6.45) is 0. The second-order valence-corrected chi connectivity index (χ2v) is 3.89. The first-order chi connectivity index (χ1) is 8.58. The molecule has 2 aromatic carbocycles. The molecule has 2 aromatic rings. The Hall–Kier alpha value is -2.23. The highest BCUT2D eigenvalue weighted by atomic mass is 19.1. The van der Waals surface area contributed by atoms with E-state index in [1.54, 1.807) is 25.1 Å². The lowest BCUT2D eigenvalue weighted by atomic mass is 10.1. The number of aryl methyl sites for hydroxylation is 1. The van der Waals surface area contributed by atoms with Gasteiger partial charge in [-0.15, -0.1) is 0 Å². The van der Waals surface area contributed by atoms with Crippen molar-refractivity contribution in [2.75, 3.05) is 5.32 Å². The van der Waals surface area contributed by atoms with Crippen molar-refractivity contribution in [3.8, 4) is 0 Å². The molecule has 0 aromatic heterocycles. The summed E-state index contributed by atoms with van der Waals surface area (Å²) < 4.78 is 26.1. The van der Waals surface area contributed by atoms with E-state index in [9.17, 15) is 13.6 Å². The molecule has 1 amide bonds. The summed E-state index contributed by atoms with van der Waals surface area (Å²) in [6.45, 7) is 1.79. The van der Waals surface area contributed by atoms with Crippen LogP contribution >= 0.6 is 0 Å². The van der Waals surface area contributed by atoms with Crippen molar-refractivity contribution in [1.29, 1.82) is 0 Å². The number of hydrogen-bond acceptors (Lipinski definition) is 1. The van der Waals surface area contributed by atoms with Crippen LogP contribution in [-0.2, 0) is 0 Å². The van der Waals surface area contributed by atoms with E-state index in [1.807, 2.05) is 6.07 Å². The number of nitrogens with one attached hydrogen (secondary N) is 1. The van der Waals surface area contributed by atoms with Crippen LogP contribution in [0, 0.1) is 18.6 Å². The highest BCUT2D eigenvalue weighted by Crippen LogP contribution is 2.17. The average molecular weight is 247 g/mol. The van der Waals surface area contributed by atoms with Gasteiger partial charge in [-0.25, -0.2) is 8.78 Å². The lowest BCUT2D eigenvalue weighted by Gasteiger charge is -2.08. The van der Waals surface area contributed by atoms with Crippen LogP contribution in [0.2, 0.25) is 0 Å². The van der Waals surface area contributed by atoms with Crippen LogP contribution < -0.4 is 5.32 Å². The van der Waals surface area contributed by atoms with E-state index in [0.29, 0.717) is 5.56 Å². The van der Waals surface area contributed by atoms with E-state index < -0.39 is 17.5 Å². The molecular formula is C14H11F2NO. The van der Waals surface area contributed by atoms with Crippen molar-refractivity contribution in [3.05, 3.63) is 65.2 Å². The number of hydrogen-bond donors (Lipinski definition) is 1. The topological polar surface area (TPSA) is 29.1 Å². The zero-order valence-electron chi connectivity index (χ0n) is 9.71. The Balaban J connectivity index is 2.24. The molecule has 0 aliphatic carbocycles. The highest BCUT2D eigenvalue weighted by Gasteiger charge is 2.11. The number of carbonyl (C=O) groups excluding carboxylic acids is 1. The second-order valence-electron chi connectivity index (χ2n) is 3.89. The van der Waals surface area contributed by atoms with Crippen molar-refractivity contribution in [1.82, 2.24) is 0 Å². The van der Waals surface area contributed by atoms with Gasteiger partial charge in [0.15, 0.2) is 0 Å². The minimum absolute atomic E-state index is 0.0374. The smallest absolute Gasteiger partial charge is 0.256 e. The van der Waals surface area contributed by atoms with Crippen molar-refractivity contribution in [3.63, 3.8) is 0 Å². The molecule has 0 aliphatic heterocycles. The lowest BCUT2D eigenvalue weighted by Crippen LogP contribution is -2.14. The Morgan fingerprint density at radius 3 is 2.50 bits per heavy atom. The van der Waals surface area contributed by atoms with Gasteiger partial charge in [0.05, 0.1) is 5.69 Å². The molecule has 0 saturated heterocycles. The van der Waals surface area contributed by atoms with Gasteiger partial charge in [-0.05, 0) is 30.7 Å². The first-order valence-electron chi connectivity index (χ1n) is 5.40. The van der Waals surface area contributed by atoms with Gasteiger partial charge in [0.25, 0.3) is 5.91 Å². The van der Waals surface area contributed by atoms with E-state index in [0.717, 1.165) is 17.7 Å². The largest absolute Gasteiger partial charge is 0.319 e. The molecule has 2 rings (SSSR count). The normalized spacial score (nSPS) is 10.2. The van der Waals surface area contributed by atoms with Gasteiger partial charge in [-0.1, -0.05) is 18.2 Å². The molecule has 0 unspecified atom stereocenters. The summed E-state index contributed by atoms with van der Waals surface area (Å²) in [5, 5.41) is 2.41. The van der Waals surface area contributed by atoms with Crippen LogP contribution in [0.1, 0.15) is 15.9 Å². The minimum atomic E-state index is -0.795. The van der Waals surface area contributed by atoms with Crippen LogP contribution in [0.25, 0.3) is 0 Å². The summed E-state index contributed by atoms with van der Waals surface area (Å²) in [5.74, 6) is -1.89. The third-order valence-electron chi connectivity index (χ3n) is 2.57. The summed E-state index contributed by atoms with van der Waals surface area (Å²) >= 11 is 0. The van der Waals surface area contributed by atoms with Gasteiger partial charge < -0.3 is 5.32 Å². The Kier molecular flexibility index (Phi) is 3.37. The zero-order valence-corrected chi connectivity index (χ0v) is 9.71. The Morgan fingerprint density at radius 1 is 1.11 bits per heavy atom. The number of anilines is 1. The molecule has 92 valence electrons. The minimum Gasteiger partial charge on any atom is -0.319 e. The fourth-order valence-corrected chi connectivity index (χ4v) is 1.61. The van der Waals surface area contributed by atoms with Gasteiger partial charge in [0.2, 0.25) is 0 Å². The second kappa shape index (κ2) is 4.96. The molecule has 0 atom stereocenters. The first kappa shape index (κ1) is 12.2. The quantitative estimate of drug-likeness (QED) is 0.864. The predicted molar refractivity (Wildman–Crippen MR) is 65.5 cm³/mol. The number of halogens is 2. The summed E-state index contributed by atoms with van der Waals surface area (Å²) in [5.41, 5.74) is 1.21. The van der Waals surface area contributed by atoms with Crippen LogP contribution in [-0.4, -0.2) is 5.91 Å². The fraction of sp³-hybridized carbons (Fsp3) is 0.0714. The standard InChI is InChI=1S/C14H11F2NO/c1-9-4-2-3-5-11(9)14(18)17-13-7-6-10(15)8-12(13)16/h2-8H,1H3,(H,17,18). The Bertz CT molecular complexity index is 596. The number of rotatable bonds is 2. The molecule has 0 heterocycles. The van der Waals surface area contributed by atoms with E-state index in [2.05, 4.69) is 5.32 Å². The third-order valence-corrected chi connectivity index (χ3v) is 2.57. The molecule has 0 bridgehead atoms. The fourth-order valence-electron chi connectivity index (χ4n) is 1.61. The Labute approximate surface area is 103 Å². The number of carbonyl (C=O) groups is 1. The third kappa shape index (κ3) is 2.53. The number of benzene rings is 2. The molecule has 0 aliphatic rings. The van der Waals surface area contributed by atoms with Gasteiger partial charge in [0.1, 0.15) is 11.6 Å². The molecule has 18 heavy (non-hydrogen) atoms. The van der Waals surface area contributed by atoms with Crippen LogP contribution in [0.15, 0.2) is 42.5 Å². The maximum Gasteiger partial charge on any atom is 0.256 e. The number of amides is 1. The van der Waals surface area contributed by atoms with Crippen molar-refractivity contribution in [2.45, 2.75) is 6.92 Å². The van der Waals surface area contributed by atoms with Crippen LogP contribution in [0.5, 0.6) is 0 Å². The first-order valence-corrected chi connectivity index (χ1v) is 5.40. The maximum absolute atomic E-state index is 13.4. The predicted octanol–water partition coefficient (Wildman–Crippen LogP) is 3.53. The molecule has 0 saturated carbocycles. The zero-order chi connectivity index (χ0) is 13.1. The van der Waals surface area contributed by atoms with E-state index in [4.69, 9.17) is 0 Å².